The van der Waals surface area contributed by atoms with Gasteiger partial charge in [-0.15, -0.1) is 0 Å². The Balaban J connectivity index is 1.40. The highest BCUT2D eigenvalue weighted by molar-refractivity contribution is 5.92. The van der Waals surface area contributed by atoms with E-state index in [1.807, 2.05) is 0 Å². The van der Waals surface area contributed by atoms with E-state index in [0.717, 1.165) is 30.4 Å². The van der Waals surface area contributed by atoms with E-state index in [-0.39, 0.29) is 35.4 Å². The third-order valence-electron chi connectivity index (χ3n) is 9.62. The monoisotopic (exact) mass is 374 g/mol. The molecule has 7 aliphatic rings. The van der Waals surface area contributed by atoms with Crippen LogP contribution in [-0.2, 0) is 23.7 Å². The first-order valence-electron chi connectivity index (χ1n) is 10.3. The molecule has 4 heterocycles. The standard InChI is InChI=1S/C21H26O6/c1-9(2)19-15(23)20-13(25-20)7-12-11-8-24-14(22)10(11)5-6-17(12,3)21(20)16(26-21)18(19,4)27-19/h9,12-13,15-16,23H,5-8H2,1-4H3/t12-,13-,15+,16-,17-,18-,19+,20+,21+/m0/s1. The normalized spacial score (nSPS) is 64.0. The molecule has 4 aliphatic heterocycles. The zero-order valence-electron chi connectivity index (χ0n) is 16.2. The number of hydrogen-bond donors (Lipinski definition) is 1. The lowest BCUT2D eigenvalue weighted by molar-refractivity contribution is -0.136. The van der Waals surface area contributed by atoms with Crippen molar-refractivity contribution >= 4 is 5.97 Å². The van der Waals surface area contributed by atoms with Crippen LogP contribution in [0, 0.1) is 17.3 Å². The molecule has 2 spiro atoms. The van der Waals surface area contributed by atoms with Gasteiger partial charge in [-0.25, -0.2) is 4.79 Å². The number of epoxide rings is 3. The molecular weight excluding hydrogens is 348 g/mol. The molecule has 0 unspecified atom stereocenters. The maximum absolute atomic E-state index is 12.1. The van der Waals surface area contributed by atoms with Crippen LogP contribution < -0.4 is 0 Å². The van der Waals surface area contributed by atoms with E-state index in [1.54, 1.807) is 0 Å². The fourth-order valence-corrected chi connectivity index (χ4v) is 8.29. The number of hydrogen-bond acceptors (Lipinski definition) is 6. The van der Waals surface area contributed by atoms with Crippen molar-refractivity contribution in [2.24, 2.45) is 17.3 Å². The van der Waals surface area contributed by atoms with Gasteiger partial charge in [-0.05, 0) is 43.6 Å². The van der Waals surface area contributed by atoms with Crippen molar-refractivity contribution < 1.29 is 28.8 Å². The molecule has 0 amide bonds. The molecule has 0 aromatic rings. The van der Waals surface area contributed by atoms with Crippen LogP contribution in [0.15, 0.2) is 11.1 Å². The number of fused-ring (bicyclic) bond motifs is 4. The van der Waals surface area contributed by atoms with E-state index in [9.17, 15) is 9.90 Å². The van der Waals surface area contributed by atoms with Gasteiger partial charge >= 0.3 is 5.97 Å². The Morgan fingerprint density at radius 3 is 2.74 bits per heavy atom. The smallest absolute Gasteiger partial charge is 0.334 e. The highest BCUT2D eigenvalue weighted by Gasteiger charge is 3.03. The van der Waals surface area contributed by atoms with Gasteiger partial charge in [-0.3, -0.25) is 0 Å². The number of rotatable bonds is 1. The largest absolute Gasteiger partial charge is 0.458 e. The average molecular weight is 374 g/mol. The van der Waals surface area contributed by atoms with Gasteiger partial charge < -0.3 is 24.1 Å². The highest BCUT2D eigenvalue weighted by atomic mass is 16.8. The summed E-state index contributed by atoms with van der Waals surface area (Å²) in [5.74, 6) is 0.247. The summed E-state index contributed by atoms with van der Waals surface area (Å²) in [6, 6.07) is 0. The fourth-order valence-electron chi connectivity index (χ4n) is 8.29. The Bertz CT molecular complexity index is 865. The number of carbonyl (C=O) groups is 1. The van der Waals surface area contributed by atoms with Crippen molar-refractivity contribution in [2.75, 3.05) is 6.61 Å². The van der Waals surface area contributed by atoms with Crippen molar-refractivity contribution in [1.82, 2.24) is 0 Å². The van der Waals surface area contributed by atoms with Crippen molar-refractivity contribution in [2.45, 2.75) is 87.7 Å². The Morgan fingerprint density at radius 1 is 1.22 bits per heavy atom. The molecule has 2 saturated carbocycles. The summed E-state index contributed by atoms with van der Waals surface area (Å²) in [4.78, 5) is 12.1. The van der Waals surface area contributed by atoms with Crippen LogP contribution in [0.4, 0.5) is 0 Å². The second-order valence-electron chi connectivity index (χ2n) is 10.5. The SMILES string of the molecule is CC(C)[C@]12O[C@@]1(C)[C@@H]1O[C@]13[C@]1(O[C@H]1C[C@H]1C4=C(CC[C@@]13C)C(=O)OC4)[C@@H]2O. The van der Waals surface area contributed by atoms with Gasteiger partial charge in [0.25, 0.3) is 0 Å². The number of carbonyl (C=O) groups excluding carboxylic acids is 1. The van der Waals surface area contributed by atoms with Gasteiger partial charge in [-0.1, -0.05) is 20.8 Å². The molecule has 0 aromatic heterocycles. The molecule has 6 nitrogen and oxygen atoms in total. The topological polar surface area (TPSA) is 84.1 Å². The maximum atomic E-state index is 12.1. The second kappa shape index (κ2) is 3.89. The number of cyclic esters (lactones) is 1. The van der Waals surface area contributed by atoms with Crippen LogP contribution >= 0.6 is 0 Å². The quantitative estimate of drug-likeness (QED) is 0.553. The number of aliphatic hydroxyl groups excluding tert-OH is 1. The van der Waals surface area contributed by atoms with Crippen LogP contribution in [-0.4, -0.2) is 58.4 Å². The van der Waals surface area contributed by atoms with Gasteiger partial charge in [0.1, 0.15) is 35.6 Å². The lowest BCUT2D eigenvalue weighted by Gasteiger charge is -2.54. The molecule has 0 aromatic carbocycles. The van der Waals surface area contributed by atoms with Crippen molar-refractivity contribution in [3.05, 3.63) is 11.1 Å². The third-order valence-corrected chi connectivity index (χ3v) is 9.62. The Labute approximate surface area is 158 Å². The molecule has 0 radical (unpaired) electrons. The van der Waals surface area contributed by atoms with E-state index >= 15 is 0 Å². The van der Waals surface area contributed by atoms with E-state index in [1.165, 1.54) is 0 Å². The van der Waals surface area contributed by atoms with E-state index in [4.69, 9.17) is 18.9 Å². The van der Waals surface area contributed by atoms with E-state index < -0.39 is 28.5 Å². The molecule has 0 bridgehead atoms. The summed E-state index contributed by atoms with van der Waals surface area (Å²) in [6.07, 6.45) is 1.62. The van der Waals surface area contributed by atoms with Crippen molar-refractivity contribution in [3.63, 3.8) is 0 Å². The first kappa shape index (κ1) is 15.9. The molecule has 5 fully saturated rings. The predicted octanol–water partition coefficient (Wildman–Crippen LogP) is 1.49. The molecule has 1 N–H and O–H groups in total. The molecule has 3 aliphatic carbocycles. The van der Waals surface area contributed by atoms with Gasteiger partial charge in [0.05, 0.1) is 6.10 Å². The first-order valence-corrected chi connectivity index (χ1v) is 10.3. The molecule has 9 atom stereocenters. The Hall–Kier alpha value is -0.950. The summed E-state index contributed by atoms with van der Waals surface area (Å²) >= 11 is 0. The minimum atomic E-state index is -0.687. The number of esters is 1. The van der Waals surface area contributed by atoms with E-state index in [2.05, 4.69) is 27.7 Å². The molecule has 3 saturated heterocycles. The summed E-state index contributed by atoms with van der Waals surface area (Å²) in [7, 11) is 0. The summed E-state index contributed by atoms with van der Waals surface area (Å²) in [5.41, 5.74) is -0.396. The van der Waals surface area contributed by atoms with Crippen LogP contribution in [0.25, 0.3) is 0 Å². The lowest BCUT2D eigenvalue weighted by Crippen LogP contribution is -2.70. The second-order valence-corrected chi connectivity index (χ2v) is 10.5. The van der Waals surface area contributed by atoms with Gasteiger partial charge in [0.2, 0.25) is 0 Å². The highest BCUT2D eigenvalue weighted by Crippen LogP contribution is 2.85. The van der Waals surface area contributed by atoms with Crippen LogP contribution in [0.5, 0.6) is 0 Å². The van der Waals surface area contributed by atoms with Crippen LogP contribution in [0.1, 0.15) is 47.0 Å². The molecule has 6 heteroatoms. The zero-order chi connectivity index (χ0) is 18.8. The minimum Gasteiger partial charge on any atom is -0.458 e. The minimum absolute atomic E-state index is 0.0393. The predicted molar refractivity (Wildman–Crippen MR) is 91.7 cm³/mol. The zero-order valence-corrected chi connectivity index (χ0v) is 16.2. The fraction of sp³-hybridized carbons (Fsp3) is 0.857. The summed E-state index contributed by atoms with van der Waals surface area (Å²) in [5, 5.41) is 11.6. The van der Waals surface area contributed by atoms with Gasteiger partial charge in [-0.2, -0.15) is 0 Å². The first-order chi connectivity index (χ1) is 12.7. The molecule has 7 rings (SSSR count). The number of aliphatic hydroxyl groups is 1. The lowest BCUT2D eigenvalue weighted by atomic mass is 9.45. The maximum Gasteiger partial charge on any atom is 0.334 e. The number of ether oxygens (including phenoxy) is 4. The Kier molecular flexibility index (Phi) is 2.29. The Morgan fingerprint density at radius 2 is 2.00 bits per heavy atom. The molecular formula is C21H26O6. The summed E-state index contributed by atoms with van der Waals surface area (Å²) < 4.78 is 24.7. The van der Waals surface area contributed by atoms with Crippen molar-refractivity contribution in [1.29, 1.82) is 0 Å². The van der Waals surface area contributed by atoms with E-state index in [0.29, 0.717) is 6.61 Å². The van der Waals surface area contributed by atoms with Crippen molar-refractivity contribution in [3.8, 4) is 0 Å². The molecule has 146 valence electrons. The van der Waals surface area contributed by atoms with Crippen LogP contribution in [0.2, 0.25) is 0 Å². The van der Waals surface area contributed by atoms with Crippen LogP contribution in [0.3, 0.4) is 0 Å². The van der Waals surface area contributed by atoms with Gasteiger partial charge in [0.15, 0.2) is 5.60 Å². The summed E-state index contributed by atoms with van der Waals surface area (Å²) in [6.45, 7) is 9.02. The van der Waals surface area contributed by atoms with Gasteiger partial charge in [0, 0.05) is 11.0 Å². The molecule has 27 heavy (non-hydrogen) atoms. The third kappa shape index (κ3) is 1.21. The average Bonchev–Trinajstić information content (AvgIpc) is 3.50.